The van der Waals surface area contributed by atoms with Crippen molar-refractivity contribution < 1.29 is 18.7 Å². The lowest BCUT2D eigenvalue weighted by Gasteiger charge is -2.35. The van der Waals surface area contributed by atoms with E-state index in [1.807, 2.05) is 93.6 Å². The van der Waals surface area contributed by atoms with E-state index in [0.29, 0.717) is 41.5 Å². The molecule has 0 radical (unpaired) electrons. The van der Waals surface area contributed by atoms with E-state index in [4.69, 9.17) is 14.1 Å². The molecule has 6 rings (SSSR count). The number of piperazine rings is 1. The highest BCUT2D eigenvalue weighted by Gasteiger charge is 2.26. The minimum atomic E-state index is -0.500. The summed E-state index contributed by atoms with van der Waals surface area (Å²) in [5.41, 5.74) is 4.37. The molecule has 1 saturated heterocycles. The number of para-hydroxylation sites is 2. The van der Waals surface area contributed by atoms with Crippen molar-refractivity contribution in [2.75, 3.05) is 31.5 Å². The SMILES string of the molecule is CC(C)(C)OC(=O)N1CCN(Cc2ccc3nc(-c4ccccc4NC(=O)c4ccc5ccccc5n4)oc3c2)CC1. The molecule has 0 aliphatic carbocycles. The van der Waals surface area contributed by atoms with Crippen LogP contribution in [0.4, 0.5) is 10.5 Å². The first-order valence-corrected chi connectivity index (χ1v) is 14.1. The molecule has 9 nitrogen and oxygen atoms in total. The lowest BCUT2D eigenvalue weighted by Crippen LogP contribution is -2.49. The van der Waals surface area contributed by atoms with Crippen LogP contribution in [-0.4, -0.2) is 63.5 Å². The number of oxazole rings is 1. The predicted molar refractivity (Wildman–Crippen MR) is 162 cm³/mol. The smallest absolute Gasteiger partial charge is 0.410 e. The van der Waals surface area contributed by atoms with Gasteiger partial charge < -0.3 is 19.4 Å². The molecule has 0 bridgehead atoms. The molecule has 9 heteroatoms. The number of nitrogens with zero attached hydrogens (tertiary/aromatic N) is 4. The van der Waals surface area contributed by atoms with Crippen LogP contribution < -0.4 is 5.32 Å². The molecule has 1 N–H and O–H groups in total. The zero-order chi connectivity index (χ0) is 29.3. The Morgan fingerprint density at radius 1 is 0.881 bits per heavy atom. The van der Waals surface area contributed by atoms with Crippen LogP contribution in [0, 0.1) is 0 Å². The van der Waals surface area contributed by atoms with E-state index in [0.717, 1.165) is 41.6 Å². The summed E-state index contributed by atoms with van der Waals surface area (Å²) in [6, 6.07) is 24.8. The monoisotopic (exact) mass is 563 g/mol. The summed E-state index contributed by atoms with van der Waals surface area (Å²) in [5.74, 6) is 0.119. The van der Waals surface area contributed by atoms with Gasteiger partial charge in [0.05, 0.1) is 16.8 Å². The summed E-state index contributed by atoms with van der Waals surface area (Å²) < 4.78 is 11.7. The van der Waals surface area contributed by atoms with Gasteiger partial charge in [-0.3, -0.25) is 9.69 Å². The van der Waals surface area contributed by atoms with Gasteiger partial charge in [-0.25, -0.2) is 14.8 Å². The van der Waals surface area contributed by atoms with Crippen molar-refractivity contribution in [2.45, 2.75) is 32.9 Å². The molecule has 3 heterocycles. The third-order valence-corrected chi connectivity index (χ3v) is 7.12. The van der Waals surface area contributed by atoms with Crippen LogP contribution in [0.1, 0.15) is 36.8 Å². The number of ether oxygens (including phenoxy) is 1. The summed E-state index contributed by atoms with van der Waals surface area (Å²) in [6.45, 7) is 9.15. The number of pyridine rings is 1. The van der Waals surface area contributed by atoms with Crippen LogP contribution in [0.25, 0.3) is 33.5 Å². The van der Waals surface area contributed by atoms with Gasteiger partial charge >= 0.3 is 6.09 Å². The molecule has 2 aromatic heterocycles. The molecule has 42 heavy (non-hydrogen) atoms. The van der Waals surface area contributed by atoms with Crippen molar-refractivity contribution >= 4 is 39.7 Å². The van der Waals surface area contributed by atoms with Gasteiger partial charge in [-0.2, -0.15) is 0 Å². The van der Waals surface area contributed by atoms with Gasteiger partial charge in [-0.05, 0) is 62.7 Å². The highest BCUT2D eigenvalue weighted by molar-refractivity contribution is 6.05. The van der Waals surface area contributed by atoms with E-state index >= 15 is 0 Å². The van der Waals surface area contributed by atoms with Gasteiger partial charge in [0.15, 0.2) is 5.58 Å². The Balaban J connectivity index is 1.15. The van der Waals surface area contributed by atoms with Crippen LogP contribution in [-0.2, 0) is 11.3 Å². The number of fused-ring (bicyclic) bond motifs is 2. The van der Waals surface area contributed by atoms with Crippen molar-refractivity contribution in [1.29, 1.82) is 0 Å². The van der Waals surface area contributed by atoms with Crippen molar-refractivity contribution in [2.24, 2.45) is 0 Å². The number of amides is 2. The molecule has 214 valence electrons. The Kier molecular flexibility index (Phi) is 7.34. The van der Waals surface area contributed by atoms with Crippen LogP contribution >= 0.6 is 0 Å². The lowest BCUT2D eigenvalue weighted by atomic mass is 10.1. The Morgan fingerprint density at radius 2 is 1.64 bits per heavy atom. The summed E-state index contributed by atoms with van der Waals surface area (Å²) in [5, 5.41) is 3.95. The van der Waals surface area contributed by atoms with Crippen LogP contribution in [0.5, 0.6) is 0 Å². The maximum Gasteiger partial charge on any atom is 0.410 e. The fourth-order valence-electron chi connectivity index (χ4n) is 5.01. The van der Waals surface area contributed by atoms with E-state index < -0.39 is 5.60 Å². The minimum absolute atomic E-state index is 0.261. The highest BCUT2D eigenvalue weighted by Crippen LogP contribution is 2.31. The van der Waals surface area contributed by atoms with Gasteiger partial charge in [-0.15, -0.1) is 0 Å². The van der Waals surface area contributed by atoms with Crippen LogP contribution in [0.15, 0.2) is 83.3 Å². The second-order valence-corrected chi connectivity index (χ2v) is 11.5. The van der Waals surface area contributed by atoms with Gasteiger partial charge in [0.1, 0.15) is 16.8 Å². The highest BCUT2D eigenvalue weighted by atomic mass is 16.6. The second kappa shape index (κ2) is 11.3. The fraction of sp³-hybridized carbons (Fsp3) is 0.273. The molecule has 1 aliphatic rings. The number of rotatable bonds is 5. The molecule has 3 aromatic carbocycles. The first-order valence-electron chi connectivity index (χ1n) is 14.1. The first-order chi connectivity index (χ1) is 20.2. The normalized spacial score (nSPS) is 14.3. The molecule has 0 spiro atoms. The Labute approximate surface area is 244 Å². The number of nitrogens with one attached hydrogen (secondary N) is 1. The maximum atomic E-state index is 13.1. The summed E-state index contributed by atoms with van der Waals surface area (Å²) in [6.07, 6.45) is -0.261. The number of carbonyl (C=O) groups excluding carboxylic acids is 2. The quantitative estimate of drug-likeness (QED) is 0.266. The summed E-state index contributed by atoms with van der Waals surface area (Å²) in [4.78, 5) is 38.8. The topological polar surface area (TPSA) is 101 Å². The Morgan fingerprint density at radius 3 is 2.45 bits per heavy atom. The third-order valence-electron chi connectivity index (χ3n) is 7.12. The van der Waals surface area contributed by atoms with Gasteiger partial charge in [0.2, 0.25) is 5.89 Å². The Bertz CT molecular complexity index is 1770. The van der Waals surface area contributed by atoms with Crippen molar-refractivity contribution in [3.63, 3.8) is 0 Å². The van der Waals surface area contributed by atoms with E-state index in [1.165, 1.54) is 0 Å². The number of hydrogen-bond acceptors (Lipinski definition) is 7. The molecule has 0 atom stereocenters. The van der Waals surface area contributed by atoms with Crippen LogP contribution in [0.3, 0.4) is 0 Å². The molecule has 5 aromatic rings. The fourth-order valence-corrected chi connectivity index (χ4v) is 5.01. The number of hydrogen-bond donors (Lipinski definition) is 1. The minimum Gasteiger partial charge on any atom is -0.444 e. The number of aromatic nitrogens is 2. The molecule has 2 amide bonds. The standard InChI is InChI=1S/C33H33N5O4/c1-33(2,3)42-32(40)38-18-16-37(17-19-38)21-22-12-14-27-29(20-22)41-31(36-27)24-9-5-7-11-26(24)35-30(39)28-15-13-23-8-4-6-10-25(23)34-28/h4-15,20H,16-19,21H2,1-3H3,(H,35,39). The number of carbonyl (C=O) groups is 2. The van der Waals surface area contributed by atoms with Gasteiger partial charge in [0.25, 0.3) is 5.91 Å². The second-order valence-electron chi connectivity index (χ2n) is 11.5. The van der Waals surface area contributed by atoms with Crippen molar-refractivity contribution in [1.82, 2.24) is 19.8 Å². The molecule has 1 fully saturated rings. The molecule has 0 unspecified atom stereocenters. The van der Waals surface area contributed by atoms with Gasteiger partial charge in [0, 0.05) is 38.1 Å². The maximum absolute atomic E-state index is 13.1. The Hall–Kier alpha value is -4.76. The lowest BCUT2D eigenvalue weighted by molar-refractivity contribution is 0.0139. The van der Waals surface area contributed by atoms with E-state index in [1.54, 1.807) is 11.0 Å². The molecular formula is C33H33N5O4. The van der Waals surface area contributed by atoms with Gasteiger partial charge in [-0.1, -0.05) is 42.5 Å². The molecule has 0 saturated carbocycles. The number of anilines is 1. The number of benzene rings is 3. The third kappa shape index (κ3) is 6.11. The van der Waals surface area contributed by atoms with Crippen molar-refractivity contribution in [3.8, 4) is 11.5 Å². The zero-order valence-electron chi connectivity index (χ0n) is 24.0. The molecule has 1 aliphatic heterocycles. The first kappa shape index (κ1) is 27.4. The largest absolute Gasteiger partial charge is 0.444 e. The predicted octanol–water partition coefficient (Wildman–Crippen LogP) is 6.35. The van der Waals surface area contributed by atoms with E-state index in [2.05, 4.69) is 15.2 Å². The van der Waals surface area contributed by atoms with E-state index in [9.17, 15) is 9.59 Å². The summed E-state index contributed by atoms with van der Waals surface area (Å²) >= 11 is 0. The average Bonchev–Trinajstić information content (AvgIpc) is 3.40. The van der Waals surface area contributed by atoms with E-state index in [-0.39, 0.29) is 12.0 Å². The van der Waals surface area contributed by atoms with Crippen LogP contribution in [0.2, 0.25) is 0 Å². The average molecular weight is 564 g/mol. The molecular weight excluding hydrogens is 530 g/mol. The summed E-state index contributed by atoms with van der Waals surface area (Å²) in [7, 11) is 0. The van der Waals surface area contributed by atoms with Crippen molar-refractivity contribution in [3.05, 3.63) is 90.1 Å². The zero-order valence-corrected chi connectivity index (χ0v) is 24.0.